The molecule has 5 rings (SSSR count). The van der Waals surface area contributed by atoms with E-state index in [0.717, 1.165) is 17.8 Å². The highest BCUT2D eigenvalue weighted by atomic mass is 16.5. The second-order valence-corrected chi connectivity index (χ2v) is 14.9. The summed E-state index contributed by atoms with van der Waals surface area (Å²) in [6, 6.07) is 0. The van der Waals surface area contributed by atoms with E-state index in [9.17, 15) is 4.79 Å². The first-order valence-electron chi connectivity index (χ1n) is 14.2. The van der Waals surface area contributed by atoms with Gasteiger partial charge in [-0.15, -0.1) is 0 Å². The predicted molar refractivity (Wildman–Crippen MR) is 140 cm³/mol. The fourth-order valence-corrected chi connectivity index (χ4v) is 11.3. The van der Waals surface area contributed by atoms with Crippen molar-refractivity contribution in [2.24, 2.45) is 56.7 Å². The minimum absolute atomic E-state index is 0.0319. The summed E-state index contributed by atoms with van der Waals surface area (Å²) in [7, 11) is 0. The van der Waals surface area contributed by atoms with Crippen molar-refractivity contribution in [2.75, 3.05) is 0 Å². The van der Waals surface area contributed by atoms with Gasteiger partial charge in [-0.25, -0.2) is 0 Å². The molecule has 0 heterocycles. The molecule has 0 N–H and O–H groups in total. The summed E-state index contributed by atoms with van der Waals surface area (Å²) in [6.07, 6.45) is 15.5. The van der Waals surface area contributed by atoms with Crippen molar-refractivity contribution in [3.8, 4) is 0 Å². The molecule has 0 amide bonds. The molecule has 0 bridgehead atoms. The summed E-state index contributed by atoms with van der Waals surface area (Å²) < 4.78 is 5.83. The number of rotatable bonds is 2. The van der Waals surface area contributed by atoms with Crippen molar-refractivity contribution in [1.82, 2.24) is 0 Å². The van der Waals surface area contributed by atoms with E-state index in [-0.39, 0.29) is 22.9 Å². The first-order chi connectivity index (χ1) is 15.7. The Bertz CT molecular complexity index is 914. The van der Waals surface area contributed by atoms with Crippen LogP contribution in [0.25, 0.3) is 0 Å². The maximum absolute atomic E-state index is 11.8. The number of hydrogen-bond donors (Lipinski definition) is 0. The van der Waals surface area contributed by atoms with Gasteiger partial charge in [0.05, 0.1) is 0 Å². The zero-order valence-electron chi connectivity index (χ0n) is 23.3. The fraction of sp³-hybridized carbons (Fsp3) is 0.844. The molecule has 5 aliphatic rings. The minimum Gasteiger partial charge on any atom is -0.458 e. The van der Waals surface area contributed by atoms with Crippen molar-refractivity contribution < 1.29 is 9.53 Å². The highest BCUT2D eigenvalue weighted by Crippen LogP contribution is 2.76. The molecule has 2 heteroatoms. The summed E-state index contributed by atoms with van der Waals surface area (Å²) in [5.41, 5.74) is 2.86. The summed E-state index contributed by atoms with van der Waals surface area (Å²) in [5, 5.41) is 0. The summed E-state index contributed by atoms with van der Waals surface area (Å²) in [5.74, 6) is 3.46. The molecule has 190 valence electrons. The van der Waals surface area contributed by atoms with Gasteiger partial charge in [-0.05, 0) is 116 Å². The zero-order valence-corrected chi connectivity index (χ0v) is 23.3. The van der Waals surface area contributed by atoms with Gasteiger partial charge < -0.3 is 4.74 Å². The first kappa shape index (κ1) is 24.6. The third kappa shape index (κ3) is 3.02. The lowest BCUT2D eigenvalue weighted by Crippen LogP contribution is -2.65. The largest absolute Gasteiger partial charge is 0.458 e. The molecular weight excluding hydrogens is 416 g/mol. The number of carbonyl (C=O) groups excluding carboxylic acids is 1. The molecule has 0 aliphatic heterocycles. The van der Waals surface area contributed by atoms with Crippen molar-refractivity contribution in [1.29, 1.82) is 0 Å². The molecule has 5 aliphatic carbocycles. The molecule has 0 aromatic carbocycles. The van der Waals surface area contributed by atoms with E-state index in [1.165, 1.54) is 56.9 Å². The minimum atomic E-state index is -0.158. The van der Waals surface area contributed by atoms with Gasteiger partial charge in [0, 0.05) is 12.3 Å². The normalized spacial score (nSPS) is 53.2. The molecular formula is C32H50O2. The third-order valence-electron chi connectivity index (χ3n) is 13.2. The molecule has 10 atom stereocenters. The van der Waals surface area contributed by atoms with Gasteiger partial charge in [0.1, 0.15) is 6.10 Å². The average molecular weight is 467 g/mol. The van der Waals surface area contributed by atoms with Crippen molar-refractivity contribution in [3.05, 3.63) is 24.3 Å². The Morgan fingerprint density at radius 1 is 0.853 bits per heavy atom. The Labute approximate surface area is 209 Å². The summed E-state index contributed by atoms with van der Waals surface area (Å²) in [6.45, 7) is 23.6. The van der Waals surface area contributed by atoms with Crippen LogP contribution in [0.2, 0.25) is 0 Å². The monoisotopic (exact) mass is 466 g/mol. The van der Waals surface area contributed by atoms with Crippen LogP contribution in [-0.2, 0) is 9.53 Å². The van der Waals surface area contributed by atoms with Crippen LogP contribution in [0.3, 0.4) is 0 Å². The Morgan fingerprint density at radius 3 is 2.21 bits per heavy atom. The van der Waals surface area contributed by atoms with E-state index in [2.05, 4.69) is 67.2 Å². The Hall–Kier alpha value is -1.05. The average Bonchev–Trinajstić information content (AvgIpc) is 3.08. The highest BCUT2D eigenvalue weighted by Gasteiger charge is 2.69. The zero-order chi connectivity index (χ0) is 24.9. The Kier molecular flexibility index (Phi) is 5.42. The quantitative estimate of drug-likeness (QED) is 0.302. The number of esters is 1. The standard InChI is InChI=1S/C32H50O2/c1-20(2)22-12-15-29(6)18-19-31(8)23(27(22)29)10-11-25-30(7)16-14-26(34-21(3)33)28(4,5)24(30)13-17-32(25,31)9/h14,16,22-27H,1,10-13,15,17-19H2,2-9H3/t22-,23+,24-,25+,26-,27+,29+,30-,31+,32+/m0/s1. The van der Waals surface area contributed by atoms with Gasteiger partial charge in [0.15, 0.2) is 0 Å². The maximum Gasteiger partial charge on any atom is 0.303 e. The highest BCUT2D eigenvalue weighted by molar-refractivity contribution is 5.66. The van der Waals surface area contributed by atoms with Crippen LogP contribution < -0.4 is 0 Å². The van der Waals surface area contributed by atoms with Gasteiger partial charge in [0.25, 0.3) is 0 Å². The van der Waals surface area contributed by atoms with Gasteiger partial charge in [0.2, 0.25) is 0 Å². The van der Waals surface area contributed by atoms with E-state index in [0.29, 0.717) is 28.1 Å². The second-order valence-electron chi connectivity index (χ2n) is 14.9. The molecule has 4 saturated carbocycles. The molecule has 0 aromatic heterocycles. The van der Waals surface area contributed by atoms with Gasteiger partial charge in [-0.3, -0.25) is 4.79 Å². The molecule has 0 unspecified atom stereocenters. The van der Waals surface area contributed by atoms with E-state index in [4.69, 9.17) is 4.74 Å². The summed E-state index contributed by atoms with van der Waals surface area (Å²) >= 11 is 0. The number of allylic oxidation sites excluding steroid dienone is 2. The molecule has 0 spiro atoms. The molecule has 34 heavy (non-hydrogen) atoms. The topological polar surface area (TPSA) is 26.3 Å². The van der Waals surface area contributed by atoms with Crippen LogP contribution >= 0.6 is 0 Å². The van der Waals surface area contributed by atoms with Crippen LogP contribution in [0, 0.1) is 56.7 Å². The third-order valence-corrected chi connectivity index (χ3v) is 13.2. The van der Waals surface area contributed by atoms with E-state index >= 15 is 0 Å². The van der Waals surface area contributed by atoms with Crippen LogP contribution in [0.4, 0.5) is 0 Å². The van der Waals surface area contributed by atoms with Crippen molar-refractivity contribution >= 4 is 5.97 Å². The number of carbonyl (C=O) groups is 1. The lowest BCUT2D eigenvalue weighted by molar-refractivity contribution is -0.224. The Balaban J connectivity index is 1.53. The van der Waals surface area contributed by atoms with Gasteiger partial charge >= 0.3 is 5.97 Å². The van der Waals surface area contributed by atoms with E-state index in [1.807, 2.05) is 0 Å². The lowest BCUT2D eigenvalue weighted by atomic mass is 9.33. The number of ether oxygens (including phenoxy) is 1. The molecule has 0 radical (unpaired) electrons. The van der Waals surface area contributed by atoms with Crippen LogP contribution in [0.5, 0.6) is 0 Å². The van der Waals surface area contributed by atoms with E-state index < -0.39 is 0 Å². The van der Waals surface area contributed by atoms with E-state index in [1.54, 1.807) is 6.92 Å². The lowest BCUT2D eigenvalue weighted by Gasteiger charge is -2.72. The maximum atomic E-state index is 11.8. The molecule has 0 saturated heterocycles. The Morgan fingerprint density at radius 2 is 1.56 bits per heavy atom. The number of fused-ring (bicyclic) bond motifs is 7. The SMILES string of the molecule is C=C(C)[C@@H]1CC[C@]2(C)CC[C@]3(C)[C@H](CC[C@@H]4[C@@]5(C)C=C[C@H](OC(C)=O)C(C)(C)[C@@H]5CC[C@]43C)[C@@H]12. The number of hydrogen-bond acceptors (Lipinski definition) is 2. The van der Waals surface area contributed by atoms with Gasteiger partial charge in [-0.2, -0.15) is 0 Å². The van der Waals surface area contributed by atoms with Gasteiger partial charge in [-0.1, -0.05) is 59.8 Å². The van der Waals surface area contributed by atoms with Crippen LogP contribution in [0.15, 0.2) is 24.3 Å². The molecule has 4 fully saturated rings. The summed E-state index contributed by atoms with van der Waals surface area (Å²) in [4.78, 5) is 11.8. The predicted octanol–water partition coefficient (Wildman–Crippen LogP) is 8.37. The van der Waals surface area contributed by atoms with Crippen LogP contribution in [0.1, 0.15) is 107 Å². The smallest absolute Gasteiger partial charge is 0.303 e. The molecule has 0 aromatic rings. The second kappa shape index (κ2) is 7.48. The first-order valence-corrected chi connectivity index (χ1v) is 14.2. The van der Waals surface area contributed by atoms with Crippen molar-refractivity contribution in [3.63, 3.8) is 0 Å². The van der Waals surface area contributed by atoms with Crippen LogP contribution in [-0.4, -0.2) is 12.1 Å². The fourth-order valence-electron chi connectivity index (χ4n) is 11.3. The molecule has 2 nitrogen and oxygen atoms in total. The van der Waals surface area contributed by atoms with Crippen molar-refractivity contribution in [2.45, 2.75) is 113 Å².